The molecule has 0 saturated carbocycles. The van der Waals surface area contributed by atoms with Crippen molar-refractivity contribution in [2.24, 2.45) is 0 Å². The topological polar surface area (TPSA) is 36.3 Å². The van der Waals surface area contributed by atoms with Gasteiger partial charge in [-0.05, 0) is 45.7 Å². The molecule has 0 aliphatic carbocycles. The molecular formula is C17H23BN2O2. The molecule has 1 aromatic carbocycles. The Bertz CT molecular complexity index is 663. The van der Waals surface area contributed by atoms with Gasteiger partial charge in [0.2, 0.25) is 0 Å². The van der Waals surface area contributed by atoms with Crippen molar-refractivity contribution in [1.82, 2.24) is 9.78 Å². The zero-order valence-electron chi connectivity index (χ0n) is 14.0. The van der Waals surface area contributed by atoms with Crippen LogP contribution in [-0.4, -0.2) is 28.1 Å². The van der Waals surface area contributed by atoms with Gasteiger partial charge in [0.25, 0.3) is 0 Å². The van der Waals surface area contributed by atoms with Crippen molar-refractivity contribution in [3.05, 3.63) is 47.8 Å². The first-order valence-corrected chi connectivity index (χ1v) is 7.71. The number of aromatic nitrogens is 2. The average Bonchev–Trinajstić information content (AvgIpc) is 2.96. The first kappa shape index (κ1) is 15.3. The SMILES string of the molecule is Cc1ccccc1Cn1cc(B2OC(C)(C)C(C)(C)O2)cn1. The fraction of sp³-hybridized carbons (Fsp3) is 0.471. The van der Waals surface area contributed by atoms with Crippen LogP contribution in [0, 0.1) is 6.92 Å². The Hall–Kier alpha value is -1.59. The van der Waals surface area contributed by atoms with E-state index in [9.17, 15) is 0 Å². The summed E-state index contributed by atoms with van der Waals surface area (Å²) >= 11 is 0. The molecule has 2 heterocycles. The third-order valence-corrected chi connectivity index (χ3v) is 4.77. The minimum absolute atomic E-state index is 0.324. The lowest BCUT2D eigenvalue weighted by Crippen LogP contribution is -2.41. The summed E-state index contributed by atoms with van der Waals surface area (Å²) in [4.78, 5) is 0. The molecule has 1 saturated heterocycles. The van der Waals surface area contributed by atoms with Gasteiger partial charge < -0.3 is 9.31 Å². The van der Waals surface area contributed by atoms with E-state index in [1.165, 1.54) is 11.1 Å². The molecule has 4 nitrogen and oxygen atoms in total. The fourth-order valence-electron chi connectivity index (χ4n) is 2.53. The number of hydrogen-bond acceptors (Lipinski definition) is 3. The van der Waals surface area contributed by atoms with E-state index in [1.807, 2.05) is 17.1 Å². The molecule has 0 bridgehead atoms. The molecule has 116 valence electrons. The van der Waals surface area contributed by atoms with Gasteiger partial charge in [0.05, 0.1) is 17.7 Å². The lowest BCUT2D eigenvalue weighted by atomic mass is 9.82. The Morgan fingerprint density at radius 2 is 1.73 bits per heavy atom. The Morgan fingerprint density at radius 3 is 2.36 bits per heavy atom. The first-order valence-electron chi connectivity index (χ1n) is 7.71. The summed E-state index contributed by atoms with van der Waals surface area (Å²) < 4.78 is 14.1. The number of benzene rings is 1. The van der Waals surface area contributed by atoms with Crippen LogP contribution in [0.2, 0.25) is 0 Å². The highest BCUT2D eigenvalue weighted by Gasteiger charge is 2.52. The smallest absolute Gasteiger partial charge is 0.399 e. The van der Waals surface area contributed by atoms with Gasteiger partial charge in [0.1, 0.15) is 0 Å². The molecule has 2 aromatic rings. The second-order valence-corrected chi connectivity index (χ2v) is 6.99. The van der Waals surface area contributed by atoms with E-state index in [1.54, 1.807) is 0 Å². The van der Waals surface area contributed by atoms with Crippen molar-refractivity contribution < 1.29 is 9.31 Å². The Balaban J connectivity index is 1.77. The number of rotatable bonds is 3. The molecule has 1 aliphatic rings. The van der Waals surface area contributed by atoms with Crippen molar-refractivity contribution in [3.8, 4) is 0 Å². The fourth-order valence-corrected chi connectivity index (χ4v) is 2.53. The number of hydrogen-bond donors (Lipinski definition) is 0. The van der Waals surface area contributed by atoms with E-state index >= 15 is 0 Å². The van der Waals surface area contributed by atoms with Crippen molar-refractivity contribution in [2.45, 2.75) is 52.4 Å². The molecule has 1 fully saturated rings. The summed E-state index contributed by atoms with van der Waals surface area (Å²) in [5, 5.41) is 4.45. The predicted molar refractivity (Wildman–Crippen MR) is 88.2 cm³/mol. The zero-order chi connectivity index (χ0) is 16.0. The van der Waals surface area contributed by atoms with Crippen molar-refractivity contribution in [1.29, 1.82) is 0 Å². The summed E-state index contributed by atoms with van der Waals surface area (Å²) in [6.45, 7) is 11.1. The largest absolute Gasteiger partial charge is 0.498 e. The maximum absolute atomic E-state index is 6.06. The van der Waals surface area contributed by atoms with Gasteiger partial charge in [0, 0.05) is 17.9 Å². The zero-order valence-corrected chi connectivity index (χ0v) is 14.0. The van der Waals surface area contributed by atoms with Gasteiger partial charge in [0.15, 0.2) is 0 Å². The van der Waals surface area contributed by atoms with E-state index in [0.29, 0.717) is 0 Å². The molecule has 0 spiro atoms. The summed E-state index contributed by atoms with van der Waals surface area (Å²) in [7, 11) is -0.351. The summed E-state index contributed by atoms with van der Waals surface area (Å²) in [5.41, 5.74) is 2.86. The van der Waals surface area contributed by atoms with Crippen LogP contribution < -0.4 is 5.46 Å². The molecule has 1 aromatic heterocycles. The molecule has 0 atom stereocenters. The van der Waals surface area contributed by atoms with Gasteiger partial charge in [-0.3, -0.25) is 4.68 Å². The van der Waals surface area contributed by atoms with E-state index in [-0.39, 0.29) is 18.3 Å². The van der Waals surface area contributed by atoms with E-state index in [0.717, 1.165) is 12.0 Å². The maximum atomic E-state index is 6.06. The van der Waals surface area contributed by atoms with Gasteiger partial charge >= 0.3 is 7.12 Å². The first-order chi connectivity index (χ1) is 10.3. The van der Waals surface area contributed by atoms with Gasteiger partial charge in [-0.15, -0.1) is 0 Å². The third-order valence-electron chi connectivity index (χ3n) is 4.77. The molecule has 5 heteroatoms. The van der Waals surface area contributed by atoms with Crippen LogP contribution in [-0.2, 0) is 15.9 Å². The van der Waals surface area contributed by atoms with Crippen LogP contribution >= 0.6 is 0 Å². The highest BCUT2D eigenvalue weighted by atomic mass is 16.7. The monoisotopic (exact) mass is 298 g/mol. The van der Waals surface area contributed by atoms with Crippen LogP contribution in [0.15, 0.2) is 36.7 Å². The van der Waals surface area contributed by atoms with Crippen molar-refractivity contribution in [2.75, 3.05) is 0 Å². The molecule has 0 radical (unpaired) electrons. The third kappa shape index (κ3) is 2.71. The molecule has 0 unspecified atom stereocenters. The normalized spacial score (nSPS) is 19.6. The molecule has 3 rings (SSSR count). The molecular weight excluding hydrogens is 275 g/mol. The van der Waals surface area contributed by atoms with E-state index in [4.69, 9.17) is 9.31 Å². The van der Waals surface area contributed by atoms with E-state index < -0.39 is 0 Å². The minimum atomic E-state index is -0.351. The van der Waals surface area contributed by atoms with E-state index in [2.05, 4.69) is 64.0 Å². The summed E-state index contributed by atoms with van der Waals surface area (Å²) in [6.07, 6.45) is 3.84. The maximum Gasteiger partial charge on any atom is 0.498 e. The van der Waals surface area contributed by atoms with Crippen LogP contribution in [0.25, 0.3) is 0 Å². The standard InChI is InChI=1S/C17H23BN2O2/c1-13-8-6-7-9-14(13)11-20-12-15(10-19-20)18-21-16(2,3)17(4,5)22-18/h6-10,12H,11H2,1-5H3. The Labute approximate surface area is 132 Å². The quantitative estimate of drug-likeness (QED) is 0.817. The highest BCUT2D eigenvalue weighted by molar-refractivity contribution is 6.61. The summed E-state index contributed by atoms with van der Waals surface area (Å²) in [6, 6.07) is 8.36. The molecule has 22 heavy (non-hydrogen) atoms. The Kier molecular flexibility index (Phi) is 3.65. The Morgan fingerprint density at radius 1 is 1.09 bits per heavy atom. The number of nitrogens with zero attached hydrogens (tertiary/aromatic N) is 2. The second kappa shape index (κ2) is 5.25. The predicted octanol–water partition coefficient (Wildman–Crippen LogP) is 2.54. The minimum Gasteiger partial charge on any atom is -0.399 e. The van der Waals surface area contributed by atoms with Crippen LogP contribution in [0.3, 0.4) is 0 Å². The molecule has 0 N–H and O–H groups in total. The lowest BCUT2D eigenvalue weighted by Gasteiger charge is -2.32. The van der Waals surface area contributed by atoms with Crippen LogP contribution in [0.1, 0.15) is 38.8 Å². The molecule has 1 aliphatic heterocycles. The van der Waals surface area contributed by atoms with Gasteiger partial charge in [-0.25, -0.2) is 0 Å². The van der Waals surface area contributed by atoms with Gasteiger partial charge in [-0.2, -0.15) is 5.10 Å². The average molecular weight is 298 g/mol. The highest BCUT2D eigenvalue weighted by Crippen LogP contribution is 2.36. The second-order valence-electron chi connectivity index (χ2n) is 6.99. The van der Waals surface area contributed by atoms with Crippen LogP contribution in [0.4, 0.5) is 0 Å². The van der Waals surface area contributed by atoms with Gasteiger partial charge in [-0.1, -0.05) is 24.3 Å². The summed E-state index contributed by atoms with van der Waals surface area (Å²) in [5.74, 6) is 0. The lowest BCUT2D eigenvalue weighted by molar-refractivity contribution is 0.00578. The van der Waals surface area contributed by atoms with Crippen molar-refractivity contribution in [3.63, 3.8) is 0 Å². The van der Waals surface area contributed by atoms with Crippen molar-refractivity contribution >= 4 is 12.6 Å². The molecule has 0 amide bonds. The van der Waals surface area contributed by atoms with Crippen LogP contribution in [0.5, 0.6) is 0 Å². The number of aryl methyl sites for hydroxylation is 1.